The summed E-state index contributed by atoms with van der Waals surface area (Å²) in [4.78, 5) is 0. The van der Waals surface area contributed by atoms with Gasteiger partial charge in [-0.2, -0.15) is 0 Å². The second-order valence-electron chi connectivity index (χ2n) is 4.92. The van der Waals surface area contributed by atoms with Crippen LogP contribution in [0.5, 0.6) is 0 Å². The van der Waals surface area contributed by atoms with Crippen LogP contribution in [-0.4, -0.2) is 30.4 Å². The van der Waals surface area contributed by atoms with Crippen molar-refractivity contribution in [2.45, 2.75) is 45.8 Å². The first kappa shape index (κ1) is 12.9. The molecule has 0 fully saturated rings. The zero-order valence-electron chi connectivity index (χ0n) is 8.88. The molecule has 0 bridgehead atoms. The molecular formula is C8H19NO3S. The van der Waals surface area contributed by atoms with E-state index in [2.05, 4.69) is 4.72 Å². The average Bonchev–Trinajstić information content (AvgIpc) is 1.43. The van der Waals surface area contributed by atoms with Crippen LogP contribution in [-0.2, 0) is 10.0 Å². The van der Waals surface area contributed by atoms with Crippen molar-refractivity contribution in [3.05, 3.63) is 0 Å². The normalized spacial score (nSPS) is 14.6. The highest BCUT2D eigenvalue weighted by Gasteiger charge is 2.26. The van der Waals surface area contributed by atoms with Gasteiger partial charge in [0.05, 0.1) is 11.4 Å². The minimum absolute atomic E-state index is 0.280. The van der Waals surface area contributed by atoms with Crippen LogP contribution in [0, 0.1) is 0 Å². The van der Waals surface area contributed by atoms with Crippen LogP contribution in [0.4, 0.5) is 0 Å². The maximum absolute atomic E-state index is 11.4. The molecule has 0 aliphatic carbocycles. The summed E-state index contributed by atoms with van der Waals surface area (Å²) < 4.78 is 25.2. The summed E-state index contributed by atoms with van der Waals surface area (Å²) in [5.74, 6) is -0.280. The molecule has 0 heterocycles. The lowest BCUT2D eigenvalue weighted by atomic mass is 10.1. The van der Waals surface area contributed by atoms with Gasteiger partial charge in [0.15, 0.2) is 0 Å². The molecule has 0 amide bonds. The fraction of sp³-hybridized carbons (Fsp3) is 1.00. The summed E-state index contributed by atoms with van der Waals surface area (Å²) >= 11 is 0. The van der Waals surface area contributed by atoms with Gasteiger partial charge in [-0.1, -0.05) is 0 Å². The van der Waals surface area contributed by atoms with E-state index >= 15 is 0 Å². The fourth-order valence-corrected chi connectivity index (χ4v) is 2.90. The molecule has 0 atom stereocenters. The van der Waals surface area contributed by atoms with Crippen LogP contribution in [0.2, 0.25) is 0 Å². The van der Waals surface area contributed by atoms with Crippen molar-refractivity contribution < 1.29 is 13.5 Å². The molecule has 13 heavy (non-hydrogen) atoms. The Labute approximate surface area is 80.4 Å². The second kappa shape index (κ2) is 3.55. The minimum atomic E-state index is -3.40. The van der Waals surface area contributed by atoms with Gasteiger partial charge in [0, 0.05) is 5.54 Å². The molecule has 0 aromatic carbocycles. The molecular weight excluding hydrogens is 190 g/mol. The quantitative estimate of drug-likeness (QED) is 0.710. The van der Waals surface area contributed by atoms with E-state index in [0.717, 1.165) is 0 Å². The molecule has 0 aliphatic heterocycles. The Balaban J connectivity index is 4.46. The summed E-state index contributed by atoms with van der Waals surface area (Å²) in [5.41, 5.74) is -1.69. The molecule has 0 aromatic heterocycles. The monoisotopic (exact) mass is 209 g/mol. The van der Waals surface area contributed by atoms with Gasteiger partial charge < -0.3 is 5.11 Å². The number of sulfonamides is 1. The van der Waals surface area contributed by atoms with Crippen LogP contribution in [0.15, 0.2) is 0 Å². The Morgan fingerprint density at radius 3 is 1.77 bits per heavy atom. The van der Waals surface area contributed by atoms with Gasteiger partial charge in [-0.15, -0.1) is 0 Å². The molecule has 2 N–H and O–H groups in total. The highest BCUT2D eigenvalue weighted by molar-refractivity contribution is 7.89. The number of rotatable bonds is 3. The van der Waals surface area contributed by atoms with Gasteiger partial charge in [0.25, 0.3) is 0 Å². The average molecular weight is 209 g/mol. The SMILES string of the molecule is CC(C)(O)CS(=O)(=O)NC(C)(C)C. The second-order valence-corrected chi connectivity index (χ2v) is 6.65. The molecule has 0 spiro atoms. The highest BCUT2D eigenvalue weighted by Crippen LogP contribution is 2.08. The van der Waals surface area contributed by atoms with Gasteiger partial charge >= 0.3 is 0 Å². The fourth-order valence-electron chi connectivity index (χ4n) is 0.968. The van der Waals surface area contributed by atoms with Crippen molar-refractivity contribution in [3.63, 3.8) is 0 Å². The van der Waals surface area contributed by atoms with Crippen molar-refractivity contribution in [2.24, 2.45) is 0 Å². The van der Waals surface area contributed by atoms with Crippen molar-refractivity contribution in [2.75, 3.05) is 5.75 Å². The van der Waals surface area contributed by atoms with E-state index in [1.165, 1.54) is 13.8 Å². The van der Waals surface area contributed by atoms with Crippen LogP contribution in [0.25, 0.3) is 0 Å². The zero-order chi connectivity index (χ0) is 10.9. The van der Waals surface area contributed by atoms with E-state index in [9.17, 15) is 13.5 Å². The standard InChI is InChI=1S/C8H19NO3S/c1-7(2,3)9-13(11,12)6-8(4,5)10/h9-10H,6H2,1-5H3. The first-order valence-corrected chi connectivity index (χ1v) is 5.81. The predicted molar refractivity (Wildman–Crippen MR) is 53.0 cm³/mol. The summed E-state index contributed by atoms with van der Waals surface area (Å²) in [6.45, 7) is 8.21. The summed E-state index contributed by atoms with van der Waals surface area (Å²) in [7, 11) is -3.40. The van der Waals surface area contributed by atoms with Crippen molar-refractivity contribution >= 4 is 10.0 Å². The van der Waals surface area contributed by atoms with E-state index in [1.54, 1.807) is 20.8 Å². The topological polar surface area (TPSA) is 66.4 Å². The van der Waals surface area contributed by atoms with E-state index in [0.29, 0.717) is 0 Å². The third-order valence-corrected chi connectivity index (χ3v) is 3.01. The lowest BCUT2D eigenvalue weighted by Gasteiger charge is -2.24. The van der Waals surface area contributed by atoms with E-state index in [-0.39, 0.29) is 5.75 Å². The Kier molecular flexibility index (Phi) is 3.52. The third kappa shape index (κ3) is 8.21. The Hall–Kier alpha value is -0.130. The smallest absolute Gasteiger partial charge is 0.214 e. The maximum atomic E-state index is 11.4. The first-order valence-electron chi connectivity index (χ1n) is 4.15. The number of hydrogen-bond donors (Lipinski definition) is 2. The van der Waals surface area contributed by atoms with Crippen molar-refractivity contribution in [1.29, 1.82) is 0 Å². The number of nitrogens with one attached hydrogen (secondary N) is 1. The van der Waals surface area contributed by atoms with Crippen molar-refractivity contribution in [1.82, 2.24) is 4.72 Å². The van der Waals surface area contributed by atoms with E-state index < -0.39 is 21.2 Å². The molecule has 5 heteroatoms. The van der Waals surface area contributed by atoms with Crippen LogP contribution in [0.1, 0.15) is 34.6 Å². The summed E-state index contributed by atoms with van der Waals surface area (Å²) in [6, 6.07) is 0. The molecule has 0 saturated heterocycles. The highest BCUT2D eigenvalue weighted by atomic mass is 32.2. The lowest BCUT2D eigenvalue weighted by molar-refractivity contribution is 0.104. The van der Waals surface area contributed by atoms with E-state index in [4.69, 9.17) is 0 Å². The molecule has 0 unspecified atom stereocenters. The molecule has 0 saturated carbocycles. The molecule has 0 rings (SSSR count). The minimum Gasteiger partial charge on any atom is -0.389 e. The van der Waals surface area contributed by atoms with Crippen LogP contribution >= 0.6 is 0 Å². The van der Waals surface area contributed by atoms with Gasteiger partial charge in [0.1, 0.15) is 0 Å². The zero-order valence-corrected chi connectivity index (χ0v) is 9.70. The molecule has 4 nitrogen and oxygen atoms in total. The third-order valence-electron chi connectivity index (χ3n) is 1.00. The van der Waals surface area contributed by atoms with Crippen LogP contribution < -0.4 is 4.72 Å². The summed E-state index contributed by atoms with van der Waals surface area (Å²) in [5, 5.41) is 9.33. The van der Waals surface area contributed by atoms with Gasteiger partial charge in [-0.25, -0.2) is 13.1 Å². The summed E-state index contributed by atoms with van der Waals surface area (Å²) in [6.07, 6.45) is 0. The van der Waals surface area contributed by atoms with E-state index in [1.807, 2.05) is 0 Å². The van der Waals surface area contributed by atoms with Crippen LogP contribution in [0.3, 0.4) is 0 Å². The van der Waals surface area contributed by atoms with Gasteiger partial charge in [-0.3, -0.25) is 0 Å². The number of aliphatic hydroxyl groups is 1. The molecule has 80 valence electrons. The number of hydrogen-bond acceptors (Lipinski definition) is 3. The lowest BCUT2D eigenvalue weighted by Crippen LogP contribution is -2.45. The predicted octanol–water partition coefficient (Wildman–Crippen LogP) is 0.475. The largest absolute Gasteiger partial charge is 0.389 e. The molecule has 0 aliphatic rings. The van der Waals surface area contributed by atoms with Gasteiger partial charge in [0.2, 0.25) is 10.0 Å². The maximum Gasteiger partial charge on any atom is 0.214 e. The van der Waals surface area contributed by atoms with Crippen molar-refractivity contribution in [3.8, 4) is 0 Å². The Bertz CT molecular complexity index is 234. The van der Waals surface area contributed by atoms with Gasteiger partial charge in [-0.05, 0) is 34.6 Å². The molecule has 0 aromatic rings. The molecule has 0 radical (unpaired) electrons. The first-order chi connectivity index (χ1) is 5.41. The Morgan fingerprint density at radius 1 is 1.15 bits per heavy atom. The Morgan fingerprint density at radius 2 is 1.54 bits per heavy atom.